The fourth-order valence-corrected chi connectivity index (χ4v) is 1.79. The fourth-order valence-electron chi connectivity index (χ4n) is 1.79. The molecular formula is C15H23NO5. The van der Waals surface area contributed by atoms with Crippen LogP contribution >= 0.6 is 0 Å². The van der Waals surface area contributed by atoms with Gasteiger partial charge in [-0.15, -0.1) is 0 Å². The summed E-state index contributed by atoms with van der Waals surface area (Å²) in [6.07, 6.45) is -0.483. The molecule has 1 aromatic rings. The molecule has 0 heterocycles. The predicted molar refractivity (Wildman–Crippen MR) is 78.9 cm³/mol. The van der Waals surface area contributed by atoms with Crippen LogP contribution in [0.2, 0.25) is 0 Å². The van der Waals surface area contributed by atoms with Gasteiger partial charge in [0.1, 0.15) is 0 Å². The van der Waals surface area contributed by atoms with Crippen molar-refractivity contribution >= 4 is 5.97 Å². The quantitative estimate of drug-likeness (QED) is 0.640. The van der Waals surface area contributed by atoms with E-state index in [1.54, 1.807) is 20.1 Å². The summed E-state index contributed by atoms with van der Waals surface area (Å²) in [5.41, 5.74) is 1.03. The highest BCUT2D eigenvalue weighted by atomic mass is 16.5. The molecule has 118 valence electrons. The van der Waals surface area contributed by atoms with Crippen molar-refractivity contribution in [1.29, 1.82) is 0 Å². The largest absolute Gasteiger partial charge is 0.493 e. The zero-order chi connectivity index (χ0) is 15.7. The average Bonchev–Trinajstić information content (AvgIpc) is 2.49. The third-order valence-electron chi connectivity index (χ3n) is 2.96. The standard InChI is InChI=1S/C15H23NO5/c1-4-12(15(17)18)21-13-6-5-11(9-14(13)20-3)10-16-7-8-19-2/h5-6,9,12,16H,4,7-8,10H2,1-3H3,(H,17,18). The minimum atomic E-state index is -0.982. The maximum Gasteiger partial charge on any atom is 0.344 e. The van der Waals surface area contributed by atoms with Crippen molar-refractivity contribution in [1.82, 2.24) is 5.32 Å². The summed E-state index contributed by atoms with van der Waals surface area (Å²) in [4.78, 5) is 11.0. The van der Waals surface area contributed by atoms with Gasteiger partial charge in [-0.05, 0) is 24.1 Å². The van der Waals surface area contributed by atoms with Gasteiger partial charge in [-0.25, -0.2) is 4.79 Å². The van der Waals surface area contributed by atoms with Gasteiger partial charge >= 0.3 is 5.97 Å². The first-order valence-electron chi connectivity index (χ1n) is 6.88. The van der Waals surface area contributed by atoms with Gasteiger partial charge in [0, 0.05) is 20.2 Å². The number of rotatable bonds is 10. The first-order chi connectivity index (χ1) is 10.1. The van der Waals surface area contributed by atoms with Gasteiger partial charge in [0.2, 0.25) is 0 Å². The Morgan fingerprint density at radius 3 is 2.67 bits per heavy atom. The molecular weight excluding hydrogens is 274 g/mol. The van der Waals surface area contributed by atoms with E-state index in [2.05, 4.69) is 5.32 Å². The van der Waals surface area contributed by atoms with Crippen LogP contribution < -0.4 is 14.8 Å². The number of aliphatic carboxylic acids is 1. The van der Waals surface area contributed by atoms with Gasteiger partial charge in [0.25, 0.3) is 0 Å². The molecule has 0 aromatic heterocycles. The number of methoxy groups -OCH3 is 2. The number of nitrogens with one attached hydrogen (secondary N) is 1. The summed E-state index contributed by atoms with van der Waals surface area (Å²) in [6.45, 7) is 3.85. The molecule has 0 bridgehead atoms. The average molecular weight is 297 g/mol. The van der Waals surface area contributed by atoms with Crippen LogP contribution in [0.25, 0.3) is 0 Å². The Morgan fingerprint density at radius 1 is 1.33 bits per heavy atom. The normalized spacial score (nSPS) is 12.0. The van der Waals surface area contributed by atoms with Crippen molar-refractivity contribution < 1.29 is 24.1 Å². The molecule has 6 heteroatoms. The van der Waals surface area contributed by atoms with Crippen molar-refractivity contribution in [2.75, 3.05) is 27.4 Å². The highest BCUT2D eigenvalue weighted by molar-refractivity contribution is 5.72. The van der Waals surface area contributed by atoms with E-state index >= 15 is 0 Å². The molecule has 1 rings (SSSR count). The van der Waals surface area contributed by atoms with Crippen molar-refractivity contribution in [3.8, 4) is 11.5 Å². The van der Waals surface area contributed by atoms with E-state index in [0.29, 0.717) is 31.1 Å². The second-order valence-electron chi connectivity index (χ2n) is 4.51. The van der Waals surface area contributed by atoms with Crippen LogP contribution in [0.1, 0.15) is 18.9 Å². The lowest BCUT2D eigenvalue weighted by molar-refractivity contribution is -0.145. The second-order valence-corrected chi connectivity index (χ2v) is 4.51. The molecule has 0 saturated carbocycles. The maximum absolute atomic E-state index is 11.0. The molecule has 1 aromatic carbocycles. The summed E-state index contributed by atoms with van der Waals surface area (Å²) in [6, 6.07) is 5.45. The van der Waals surface area contributed by atoms with Gasteiger partial charge < -0.3 is 24.6 Å². The van der Waals surface area contributed by atoms with E-state index in [0.717, 1.165) is 12.1 Å². The van der Waals surface area contributed by atoms with Crippen LogP contribution in [0.5, 0.6) is 11.5 Å². The molecule has 2 N–H and O–H groups in total. The smallest absolute Gasteiger partial charge is 0.344 e. The van der Waals surface area contributed by atoms with Gasteiger partial charge in [-0.2, -0.15) is 0 Å². The highest BCUT2D eigenvalue weighted by Gasteiger charge is 2.18. The first-order valence-corrected chi connectivity index (χ1v) is 6.88. The van der Waals surface area contributed by atoms with E-state index in [-0.39, 0.29) is 0 Å². The van der Waals surface area contributed by atoms with Gasteiger partial charge in [0.15, 0.2) is 17.6 Å². The van der Waals surface area contributed by atoms with Crippen LogP contribution in [-0.4, -0.2) is 44.6 Å². The summed E-state index contributed by atoms with van der Waals surface area (Å²) < 4.78 is 15.7. The second kappa shape index (κ2) is 9.20. The van der Waals surface area contributed by atoms with Crippen LogP contribution in [-0.2, 0) is 16.1 Å². The molecule has 0 saturated heterocycles. The third kappa shape index (κ3) is 5.61. The molecule has 0 spiro atoms. The third-order valence-corrected chi connectivity index (χ3v) is 2.96. The van der Waals surface area contributed by atoms with Crippen LogP contribution in [0.15, 0.2) is 18.2 Å². The van der Waals surface area contributed by atoms with Gasteiger partial charge in [-0.1, -0.05) is 13.0 Å². The number of ether oxygens (including phenoxy) is 3. The van der Waals surface area contributed by atoms with Crippen molar-refractivity contribution in [3.05, 3.63) is 23.8 Å². The van der Waals surface area contributed by atoms with Crippen molar-refractivity contribution in [3.63, 3.8) is 0 Å². The zero-order valence-electron chi connectivity index (χ0n) is 12.7. The molecule has 0 fully saturated rings. The summed E-state index contributed by atoms with van der Waals surface area (Å²) >= 11 is 0. The Hall–Kier alpha value is -1.79. The Morgan fingerprint density at radius 2 is 2.10 bits per heavy atom. The number of benzene rings is 1. The predicted octanol–water partition coefficient (Wildman–Crippen LogP) is 1.67. The Labute approximate surface area is 125 Å². The summed E-state index contributed by atoms with van der Waals surface area (Å²) in [7, 11) is 3.19. The van der Waals surface area contributed by atoms with E-state index in [1.807, 2.05) is 12.1 Å². The van der Waals surface area contributed by atoms with E-state index in [9.17, 15) is 4.79 Å². The van der Waals surface area contributed by atoms with E-state index < -0.39 is 12.1 Å². The van der Waals surface area contributed by atoms with Crippen molar-refractivity contribution in [2.24, 2.45) is 0 Å². The van der Waals surface area contributed by atoms with Crippen LogP contribution in [0.3, 0.4) is 0 Å². The fraction of sp³-hybridized carbons (Fsp3) is 0.533. The first kappa shape index (κ1) is 17.3. The molecule has 0 aliphatic rings. The highest BCUT2D eigenvalue weighted by Crippen LogP contribution is 2.29. The number of carboxylic acid groups (broad SMARTS) is 1. The molecule has 21 heavy (non-hydrogen) atoms. The van der Waals surface area contributed by atoms with E-state index in [4.69, 9.17) is 19.3 Å². The molecule has 6 nitrogen and oxygen atoms in total. The minimum Gasteiger partial charge on any atom is -0.493 e. The summed E-state index contributed by atoms with van der Waals surface area (Å²) in [5.74, 6) is -0.0157. The number of hydrogen-bond donors (Lipinski definition) is 2. The minimum absolute atomic E-state index is 0.388. The monoisotopic (exact) mass is 297 g/mol. The number of carbonyl (C=O) groups is 1. The zero-order valence-corrected chi connectivity index (χ0v) is 12.7. The molecule has 0 radical (unpaired) electrons. The topological polar surface area (TPSA) is 77.0 Å². The Kier molecular flexibility index (Phi) is 7.56. The van der Waals surface area contributed by atoms with E-state index in [1.165, 1.54) is 7.11 Å². The van der Waals surface area contributed by atoms with Gasteiger partial charge in [-0.3, -0.25) is 0 Å². The van der Waals surface area contributed by atoms with Gasteiger partial charge in [0.05, 0.1) is 13.7 Å². The number of carboxylic acids is 1. The Balaban J connectivity index is 2.71. The Bertz CT molecular complexity index is 450. The molecule has 0 amide bonds. The lowest BCUT2D eigenvalue weighted by Crippen LogP contribution is -2.26. The van der Waals surface area contributed by atoms with Crippen molar-refractivity contribution in [2.45, 2.75) is 26.0 Å². The summed E-state index contributed by atoms with van der Waals surface area (Å²) in [5, 5.41) is 12.3. The molecule has 0 aliphatic carbocycles. The molecule has 1 unspecified atom stereocenters. The number of hydrogen-bond acceptors (Lipinski definition) is 5. The van der Waals surface area contributed by atoms with Crippen LogP contribution in [0, 0.1) is 0 Å². The lowest BCUT2D eigenvalue weighted by atomic mass is 10.2. The molecule has 0 aliphatic heterocycles. The van der Waals surface area contributed by atoms with Crippen LogP contribution in [0.4, 0.5) is 0 Å². The molecule has 1 atom stereocenters. The SMILES string of the molecule is CCC(Oc1ccc(CNCCOC)cc1OC)C(=O)O. The maximum atomic E-state index is 11.0. The lowest BCUT2D eigenvalue weighted by Gasteiger charge is -2.16.